The Balaban J connectivity index is 2.12. The van der Waals surface area contributed by atoms with Crippen molar-refractivity contribution < 1.29 is 0 Å². The molecule has 0 aromatic carbocycles. The summed E-state index contributed by atoms with van der Waals surface area (Å²) < 4.78 is 0. The molecule has 0 spiro atoms. The first-order chi connectivity index (χ1) is 7.86. The quantitative estimate of drug-likeness (QED) is 0.632. The number of H-pyrrole nitrogens is 1. The Hall–Kier alpha value is -0.830. The number of likely N-dealkylation sites (N-methyl/N-ethyl adjacent to an activating group) is 1. The molecule has 2 N–H and O–H groups in total. The van der Waals surface area contributed by atoms with Crippen LogP contribution in [0.15, 0.2) is 12.4 Å². The zero-order valence-corrected chi connectivity index (χ0v) is 10.6. The molecule has 0 amide bonds. The van der Waals surface area contributed by atoms with Crippen LogP contribution in [0.25, 0.3) is 0 Å². The van der Waals surface area contributed by atoms with Crippen molar-refractivity contribution in [2.24, 2.45) is 0 Å². The lowest BCUT2D eigenvalue weighted by atomic mass is 10.0. The molecule has 3 heteroatoms. The van der Waals surface area contributed by atoms with E-state index in [1.54, 1.807) is 0 Å². The maximum atomic E-state index is 4.27. The van der Waals surface area contributed by atoms with E-state index in [0.29, 0.717) is 6.04 Å². The van der Waals surface area contributed by atoms with Crippen LogP contribution < -0.4 is 5.32 Å². The van der Waals surface area contributed by atoms with Crippen molar-refractivity contribution in [1.82, 2.24) is 15.3 Å². The van der Waals surface area contributed by atoms with Crippen molar-refractivity contribution in [2.75, 3.05) is 7.05 Å². The smallest absolute Gasteiger partial charge is 0.107 e. The van der Waals surface area contributed by atoms with Crippen LogP contribution in [-0.2, 0) is 6.42 Å². The Bertz CT molecular complexity index is 244. The van der Waals surface area contributed by atoms with Gasteiger partial charge in [-0.05, 0) is 13.5 Å². The molecule has 1 atom stereocenters. The van der Waals surface area contributed by atoms with Crippen LogP contribution in [0.5, 0.6) is 0 Å². The highest BCUT2D eigenvalue weighted by Gasteiger charge is 2.07. The fraction of sp³-hybridized carbons (Fsp3) is 0.769. The summed E-state index contributed by atoms with van der Waals surface area (Å²) in [6.07, 6.45) is 12.7. The summed E-state index contributed by atoms with van der Waals surface area (Å²) in [4.78, 5) is 7.43. The number of hydrogen-bond acceptors (Lipinski definition) is 2. The molecule has 0 aliphatic carbocycles. The molecule has 0 bridgehead atoms. The maximum Gasteiger partial charge on any atom is 0.107 e. The van der Waals surface area contributed by atoms with E-state index >= 15 is 0 Å². The molecule has 1 rings (SSSR count). The minimum absolute atomic E-state index is 0.563. The number of nitrogens with one attached hydrogen (secondary N) is 2. The Morgan fingerprint density at radius 2 is 2.12 bits per heavy atom. The summed E-state index contributed by atoms with van der Waals surface area (Å²) in [6.45, 7) is 2.26. The van der Waals surface area contributed by atoms with Crippen molar-refractivity contribution in [3.05, 3.63) is 18.2 Å². The predicted molar refractivity (Wildman–Crippen MR) is 68.5 cm³/mol. The highest BCUT2D eigenvalue weighted by Crippen LogP contribution is 2.09. The molecule has 92 valence electrons. The molecule has 0 fully saturated rings. The number of aromatic nitrogens is 2. The summed E-state index contributed by atoms with van der Waals surface area (Å²) in [6, 6.07) is 0.563. The first-order valence-electron chi connectivity index (χ1n) is 6.52. The monoisotopic (exact) mass is 223 g/mol. The number of nitrogens with zero attached hydrogens (tertiary/aromatic N) is 1. The summed E-state index contributed by atoms with van der Waals surface area (Å²) >= 11 is 0. The average molecular weight is 223 g/mol. The molecular formula is C13H25N3. The van der Waals surface area contributed by atoms with E-state index in [-0.39, 0.29) is 0 Å². The van der Waals surface area contributed by atoms with Crippen LogP contribution in [0.3, 0.4) is 0 Å². The number of hydrogen-bond donors (Lipinski definition) is 2. The SMILES string of the molecule is CCCCCCCC(Cc1ncc[nH]1)NC. The Labute approximate surface area is 99.1 Å². The van der Waals surface area contributed by atoms with Gasteiger partial charge in [-0.25, -0.2) is 4.98 Å². The van der Waals surface area contributed by atoms with Crippen LogP contribution in [-0.4, -0.2) is 23.1 Å². The minimum atomic E-state index is 0.563. The number of unbranched alkanes of at least 4 members (excludes halogenated alkanes) is 4. The normalized spacial score (nSPS) is 12.9. The largest absolute Gasteiger partial charge is 0.349 e. The summed E-state index contributed by atoms with van der Waals surface area (Å²) in [7, 11) is 2.04. The van der Waals surface area contributed by atoms with Crippen molar-refractivity contribution in [3.8, 4) is 0 Å². The van der Waals surface area contributed by atoms with Crippen molar-refractivity contribution >= 4 is 0 Å². The van der Waals surface area contributed by atoms with Gasteiger partial charge in [0.05, 0.1) is 0 Å². The molecule has 0 aliphatic heterocycles. The van der Waals surface area contributed by atoms with E-state index < -0.39 is 0 Å². The standard InChI is InChI=1S/C13H25N3/c1-3-4-5-6-7-8-12(14-2)11-13-15-9-10-16-13/h9-10,12,14H,3-8,11H2,1-2H3,(H,15,16). The summed E-state index contributed by atoms with van der Waals surface area (Å²) in [5.41, 5.74) is 0. The third-order valence-electron chi connectivity index (χ3n) is 3.06. The highest BCUT2D eigenvalue weighted by molar-refractivity contribution is 4.90. The zero-order chi connectivity index (χ0) is 11.6. The molecule has 0 saturated heterocycles. The van der Waals surface area contributed by atoms with Gasteiger partial charge in [0.15, 0.2) is 0 Å². The van der Waals surface area contributed by atoms with Crippen LogP contribution in [0.2, 0.25) is 0 Å². The minimum Gasteiger partial charge on any atom is -0.349 e. The molecule has 0 radical (unpaired) electrons. The Morgan fingerprint density at radius 1 is 1.31 bits per heavy atom. The van der Waals surface area contributed by atoms with Crippen molar-refractivity contribution in [2.45, 2.75) is 57.9 Å². The molecule has 0 aliphatic rings. The van der Waals surface area contributed by atoms with Crippen molar-refractivity contribution in [1.29, 1.82) is 0 Å². The first-order valence-corrected chi connectivity index (χ1v) is 6.52. The van der Waals surface area contributed by atoms with Gasteiger partial charge in [-0.15, -0.1) is 0 Å². The summed E-state index contributed by atoms with van der Waals surface area (Å²) in [5, 5.41) is 3.37. The molecule has 1 heterocycles. The zero-order valence-electron chi connectivity index (χ0n) is 10.6. The van der Waals surface area contributed by atoms with Gasteiger partial charge in [0.2, 0.25) is 0 Å². The molecule has 1 unspecified atom stereocenters. The van der Waals surface area contributed by atoms with E-state index in [9.17, 15) is 0 Å². The fourth-order valence-electron chi connectivity index (χ4n) is 1.99. The molecular weight excluding hydrogens is 198 g/mol. The molecule has 0 saturated carbocycles. The van der Waals surface area contributed by atoms with E-state index in [0.717, 1.165) is 12.2 Å². The number of rotatable bonds is 9. The lowest BCUT2D eigenvalue weighted by Crippen LogP contribution is -2.27. The Kier molecular flexibility index (Phi) is 6.90. The Morgan fingerprint density at radius 3 is 2.75 bits per heavy atom. The van der Waals surface area contributed by atoms with E-state index in [4.69, 9.17) is 0 Å². The van der Waals surface area contributed by atoms with Gasteiger partial charge < -0.3 is 10.3 Å². The van der Waals surface area contributed by atoms with Gasteiger partial charge in [0, 0.05) is 24.9 Å². The molecule has 1 aromatic rings. The van der Waals surface area contributed by atoms with Crippen LogP contribution in [0.1, 0.15) is 51.3 Å². The summed E-state index contributed by atoms with van der Waals surface area (Å²) in [5.74, 6) is 1.09. The predicted octanol–water partition coefficient (Wildman–Crippen LogP) is 2.90. The van der Waals surface area contributed by atoms with E-state index in [1.165, 1.54) is 38.5 Å². The van der Waals surface area contributed by atoms with Gasteiger partial charge in [-0.1, -0.05) is 39.0 Å². The van der Waals surface area contributed by atoms with Gasteiger partial charge >= 0.3 is 0 Å². The van der Waals surface area contributed by atoms with Crippen LogP contribution in [0, 0.1) is 0 Å². The topological polar surface area (TPSA) is 40.7 Å². The fourth-order valence-corrected chi connectivity index (χ4v) is 1.99. The lowest BCUT2D eigenvalue weighted by molar-refractivity contribution is 0.475. The second kappa shape index (κ2) is 8.34. The van der Waals surface area contributed by atoms with Gasteiger partial charge in [0.25, 0.3) is 0 Å². The average Bonchev–Trinajstić information content (AvgIpc) is 2.80. The first kappa shape index (κ1) is 13.2. The number of aromatic amines is 1. The van der Waals surface area contributed by atoms with E-state index in [1.807, 2.05) is 19.4 Å². The van der Waals surface area contributed by atoms with Crippen LogP contribution >= 0.6 is 0 Å². The number of imidazole rings is 1. The molecule has 16 heavy (non-hydrogen) atoms. The van der Waals surface area contributed by atoms with Gasteiger partial charge in [-0.3, -0.25) is 0 Å². The van der Waals surface area contributed by atoms with Crippen molar-refractivity contribution in [3.63, 3.8) is 0 Å². The third-order valence-corrected chi connectivity index (χ3v) is 3.06. The van der Waals surface area contributed by atoms with Gasteiger partial charge in [0.1, 0.15) is 5.82 Å². The molecule has 3 nitrogen and oxygen atoms in total. The highest BCUT2D eigenvalue weighted by atomic mass is 14.9. The molecule has 1 aromatic heterocycles. The second-order valence-corrected chi connectivity index (χ2v) is 4.43. The third kappa shape index (κ3) is 5.31. The maximum absolute atomic E-state index is 4.27. The van der Waals surface area contributed by atoms with Crippen LogP contribution in [0.4, 0.5) is 0 Å². The van der Waals surface area contributed by atoms with Gasteiger partial charge in [-0.2, -0.15) is 0 Å². The second-order valence-electron chi connectivity index (χ2n) is 4.43. The lowest BCUT2D eigenvalue weighted by Gasteiger charge is -2.14. The van der Waals surface area contributed by atoms with E-state index in [2.05, 4.69) is 22.2 Å².